The Morgan fingerprint density at radius 2 is 1.23 bits per heavy atom. The first-order valence-corrected chi connectivity index (χ1v) is 3.20. The maximum Gasteiger partial charge on any atom is 0.352 e. The van der Waals surface area contributed by atoms with Crippen molar-refractivity contribution in [1.82, 2.24) is 0 Å². The van der Waals surface area contributed by atoms with E-state index < -0.39 is 23.5 Å². The summed E-state index contributed by atoms with van der Waals surface area (Å²) in [5, 5.41) is 10.9. The lowest BCUT2D eigenvalue weighted by Gasteiger charge is -2.03. The molecule has 0 aromatic rings. The van der Waals surface area contributed by atoms with Gasteiger partial charge >= 0.3 is 17.9 Å². The number of hydrogen-bond acceptors (Lipinski definition) is 5. The van der Waals surface area contributed by atoms with Crippen molar-refractivity contribution in [3.05, 3.63) is 11.5 Å². The molecule has 0 aliphatic rings. The van der Waals surface area contributed by atoms with Crippen LogP contribution >= 0.6 is 0 Å². The highest BCUT2D eigenvalue weighted by molar-refractivity contribution is 6.14. The molecule has 0 unspecified atom stereocenters. The Hall–Kier alpha value is -1.72. The largest absolute Gasteiger partial charge is 0.465 e. The van der Waals surface area contributed by atoms with Crippen LogP contribution in [0.4, 0.5) is 0 Å². The van der Waals surface area contributed by atoms with Crippen molar-refractivity contribution in [2.45, 2.75) is 0 Å². The Morgan fingerprint density at radius 1 is 0.846 bits per heavy atom. The summed E-state index contributed by atoms with van der Waals surface area (Å²) in [5.74, 6) is -3.25. The number of ether oxygens (including phenoxy) is 3. The second-order valence-electron chi connectivity index (χ2n) is 1.85. The summed E-state index contributed by atoms with van der Waals surface area (Å²) in [4.78, 5) is 21.7. The minimum absolute atomic E-state index is 0.785. The molecule has 0 aromatic heterocycles. The van der Waals surface area contributed by atoms with Crippen LogP contribution in [0.3, 0.4) is 0 Å². The lowest BCUT2D eigenvalue weighted by atomic mass is 10.3. The number of rotatable bonds is 3. The van der Waals surface area contributed by atoms with Crippen LogP contribution in [-0.4, -0.2) is 33.3 Å². The van der Waals surface area contributed by atoms with Crippen molar-refractivity contribution in [3.8, 4) is 0 Å². The molecule has 0 rings (SSSR count). The second kappa shape index (κ2) is 5.02. The Morgan fingerprint density at radius 3 is 1.46 bits per heavy atom. The quantitative estimate of drug-likeness (QED) is 0.199. The summed E-state index contributed by atoms with van der Waals surface area (Å²) in [5.41, 5.74) is -0.785. The molecule has 0 heterocycles. The molecule has 0 aliphatic carbocycles. The highest BCUT2D eigenvalue weighted by Crippen LogP contribution is 2.07. The standard InChI is InChI=1S/C7H9O6/c1-11-5(8)4(6(9)12-2)7(10)13-3/h1-3H3. The number of esters is 2. The summed E-state index contributed by atoms with van der Waals surface area (Å²) in [7, 11) is 3.11. The molecule has 0 aliphatic heterocycles. The number of carbonyl (C=O) groups is 2. The second-order valence-corrected chi connectivity index (χ2v) is 1.85. The van der Waals surface area contributed by atoms with Crippen molar-refractivity contribution < 1.29 is 28.9 Å². The molecule has 0 fully saturated rings. The van der Waals surface area contributed by atoms with E-state index in [-0.39, 0.29) is 0 Å². The van der Waals surface area contributed by atoms with Crippen LogP contribution < -0.4 is 0 Å². The van der Waals surface area contributed by atoms with Gasteiger partial charge in [0.25, 0.3) is 0 Å². The maximum atomic E-state index is 10.9. The summed E-state index contributed by atoms with van der Waals surface area (Å²) in [6.07, 6.45) is 0. The Labute approximate surface area is 74.7 Å². The van der Waals surface area contributed by atoms with Gasteiger partial charge in [-0.05, 0) is 0 Å². The van der Waals surface area contributed by atoms with E-state index >= 15 is 0 Å². The Kier molecular flexibility index (Phi) is 4.36. The van der Waals surface area contributed by atoms with Crippen LogP contribution in [0.2, 0.25) is 0 Å². The van der Waals surface area contributed by atoms with E-state index in [2.05, 4.69) is 14.2 Å². The zero-order chi connectivity index (χ0) is 10.4. The first-order chi connectivity index (χ1) is 6.08. The average Bonchev–Trinajstić information content (AvgIpc) is 2.16. The molecule has 0 saturated heterocycles. The molecule has 0 bridgehead atoms. The molecule has 0 N–H and O–H groups in total. The fourth-order valence-corrected chi connectivity index (χ4v) is 0.556. The van der Waals surface area contributed by atoms with Gasteiger partial charge in [0.15, 0.2) is 0 Å². The van der Waals surface area contributed by atoms with E-state index in [0.29, 0.717) is 0 Å². The molecule has 6 heteroatoms. The summed E-state index contributed by atoms with van der Waals surface area (Å²) in [6, 6.07) is 0. The zero-order valence-corrected chi connectivity index (χ0v) is 7.45. The van der Waals surface area contributed by atoms with Gasteiger partial charge in [-0.1, -0.05) is 0 Å². The van der Waals surface area contributed by atoms with Gasteiger partial charge in [-0.2, -0.15) is 0 Å². The number of methoxy groups -OCH3 is 3. The van der Waals surface area contributed by atoms with Crippen molar-refractivity contribution in [2.75, 3.05) is 21.3 Å². The van der Waals surface area contributed by atoms with Crippen molar-refractivity contribution in [2.24, 2.45) is 0 Å². The predicted octanol–water partition coefficient (Wildman–Crippen LogP) is -0.379. The van der Waals surface area contributed by atoms with E-state index in [1.54, 1.807) is 0 Å². The lowest BCUT2D eigenvalue weighted by Crippen LogP contribution is -2.18. The van der Waals surface area contributed by atoms with E-state index in [1.807, 2.05) is 0 Å². The minimum Gasteiger partial charge on any atom is -0.465 e. The van der Waals surface area contributed by atoms with Crippen LogP contribution in [0, 0.1) is 0 Å². The molecule has 13 heavy (non-hydrogen) atoms. The van der Waals surface area contributed by atoms with Crippen molar-refractivity contribution in [1.29, 1.82) is 0 Å². The average molecular weight is 189 g/mol. The lowest BCUT2D eigenvalue weighted by molar-refractivity contribution is -0.145. The smallest absolute Gasteiger partial charge is 0.352 e. The van der Waals surface area contributed by atoms with E-state index in [9.17, 15) is 14.7 Å². The highest BCUT2D eigenvalue weighted by Gasteiger charge is 2.27. The van der Waals surface area contributed by atoms with Gasteiger partial charge in [0.2, 0.25) is 5.57 Å². The predicted molar refractivity (Wildman–Crippen MR) is 38.8 cm³/mol. The van der Waals surface area contributed by atoms with Crippen LogP contribution in [0.1, 0.15) is 0 Å². The molecule has 0 saturated carbocycles. The van der Waals surface area contributed by atoms with Crippen LogP contribution in [0.25, 0.3) is 0 Å². The molecule has 0 aromatic carbocycles. The van der Waals surface area contributed by atoms with Crippen molar-refractivity contribution >= 4 is 11.9 Å². The molecule has 73 valence electrons. The third kappa shape index (κ3) is 2.66. The number of carbonyl (C=O) groups excluding carboxylic acids is 2. The molecule has 0 atom stereocenters. The first kappa shape index (κ1) is 11.3. The third-order valence-corrected chi connectivity index (χ3v) is 1.17. The monoisotopic (exact) mass is 189 g/mol. The summed E-state index contributed by atoms with van der Waals surface area (Å²) < 4.78 is 12.5. The fourth-order valence-electron chi connectivity index (χ4n) is 0.556. The van der Waals surface area contributed by atoms with Gasteiger partial charge in [0, 0.05) is 0 Å². The van der Waals surface area contributed by atoms with Crippen LogP contribution in [0.15, 0.2) is 11.5 Å². The number of hydrogen-bond donors (Lipinski definition) is 0. The maximum absolute atomic E-state index is 10.9. The van der Waals surface area contributed by atoms with E-state index in [1.165, 1.54) is 0 Å². The fraction of sp³-hybridized carbons (Fsp3) is 0.429. The van der Waals surface area contributed by atoms with Gasteiger partial charge in [-0.25, -0.2) is 14.7 Å². The molecular weight excluding hydrogens is 180 g/mol. The van der Waals surface area contributed by atoms with Gasteiger partial charge in [-0.15, -0.1) is 0 Å². The van der Waals surface area contributed by atoms with E-state index in [0.717, 1.165) is 21.3 Å². The summed E-state index contributed by atoms with van der Waals surface area (Å²) >= 11 is 0. The normalized spacial score (nSPS) is 8.54. The SMILES string of the molecule is COC(=O)C(C(=O)OC)=C([O])OC. The zero-order valence-electron chi connectivity index (χ0n) is 7.45. The van der Waals surface area contributed by atoms with Crippen LogP contribution in [-0.2, 0) is 28.9 Å². The van der Waals surface area contributed by atoms with Gasteiger partial charge < -0.3 is 14.2 Å². The van der Waals surface area contributed by atoms with Gasteiger partial charge in [-0.3, -0.25) is 0 Å². The molecule has 0 spiro atoms. The molecular formula is C7H9O6. The summed E-state index contributed by atoms with van der Waals surface area (Å²) in [6.45, 7) is 0. The first-order valence-electron chi connectivity index (χ1n) is 3.20. The molecule has 6 nitrogen and oxygen atoms in total. The Bertz CT molecular complexity index is 223. The third-order valence-electron chi connectivity index (χ3n) is 1.17. The van der Waals surface area contributed by atoms with Gasteiger partial charge in [0.1, 0.15) is 0 Å². The minimum atomic E-state index is -1.08. The Balaban J connectivity index is 4.97. The molecule has 1 radical (unpaired) electrons. The highest BCUT2D eigenvalue weighted by atomic mass is 16.6. The van der Waals surface area contributed by atoms with Crippen molar-refractivity contribution in [3.63, 3.8) is 0 Å². The topological polar surface area (TPSA) is 81.7 Å². The molecule has 0 amide bonds. The van der Waals surface area contributed by atoms with Crippen LogP contribution in [0.5, 0.6) is 0 Å². The van der Waals surface area contributed by atoms with Gasteiger partial charge in [0.05, 0.1) is 21.3 Å². The van der Waals surface area contributed by atoms with E-state index in [4.69, 9.17) is 0 Å².